The van der Waals surface area contributed by atoms with Crippen LogP contribution < -0.4 is 11.1 Å². The average molecular weight is 267 g/mol. The molecule has 1 rings (SSSR count). The highest BCUT2D eigenvalue weighted by molar-refractivity contribution is 5.78. The minimum atomic E-state index is -4.36. The van der Waals surface area contributed by atoms with Crippen molar-refractivity contribution in [3.8, 4) is 0 Å². The third kappa shape index (κ3) is 4.81. The first kappa shape index (κ1) is 15.2. The van der Waals surface area contributed by atoms with E-state index in [0.29, 0.717) is 6.54 Å². The van der Waals surface area contributed by atoms with Crippen molar-refractivity contribution in [2.75, 3.05) is 19.6 Å². The number of carbonyl (C=O) groups excluding carboxylic acids is 1. The highest BCUT2D eigenvalue weighted by Crippen LogP contribution is 2.21. The molecule has 1 amide bonds. The van der Waals surface area contributed by atoms with E-state index in [9.17, 15) is 18.0 Å². The molecule has 7 heteroatoms. The number of likely N-dealkylation sites (tertiary alicyclic amines) is 1. The first-order valence-electron chi connectivity index (χ1n) is 6.12. The van der Waals surface area contributed by atoms with Gasteiger partial charge >= 0.3 is 6.18 Å². The predicted molar refractivity (Wildman–Crippen MR) is 61.9 cm³/mol. The van der Waals surface area contributed by atoms with E-state index in [4.69, 9.17) is 5.73 Å². The Morgan fingerprint density at radius 3 is 2.67 bits per heavy atom. The van der Waals surface area contributed by atoms with Gasteiger partial charge in [-0.05, 0) is 19.8 Å². The van der Waals surface area contributed by atoms with Crippen molar-refractivity contribution in [3.05, 3.63) is 0 Å². The standard InChI is InChI=1S/C11H20F3N3O/c1-8-3-2-4-9(5-15)17(8)6-10(18)16-7-11(12,13)14/h8-9H,2-7,15H2,1H3,(H,16,18). The zero-order valence-electron chi connectivity index (χ0n) is 10.5. The van der Waals surface area contributed by atoms with Crippen LogP contribution in [0.1, 0.15) is 26.2 Å². The van der Waals surface area contributed by atoms with Gasteiger partial charge in [-0.1, -0.05) is 6.42 Å². The topological polar surface area (TPSA) is 58.4 Å². The van der Waals surface area contributed by atoms with Crippen molar-refractivity contribution in [2.24, 2.45) is 5.73 Å². The second kappa shape index (κ2) is 6.38. The van der Waals surface area contributed by atoms with Gasteiger partial charge in [0.15, 0.2) is 0 Å². The molecule has 0 aromatic carbocycles. The molecule has 0 bridgehead atoms. The maximum Gasteiger partial charge on any atom is 0.405 e. The molecule has 0 spiro atoms. The zero-order valence-corrected chi connectivity index (χ0v) is 10.5. The van der Waals surface area contributed by atoms with Gasteiger partial charge in [-0.2, -0.15) is 13.2 Å². The predicted octanol–water partition coefficient (Wildman–Crippen LogP) is 0.867. The summed E-state index contributed by atoms with van der Waals surface area (Å²) in [4.78, 5) is 13.4. The van der Waals surface area contributed by atoms with Crippen LogP contribution in [-0.4, -0.2) is 48.7 Å². The summed E-state index contributed by atoms with van der Waals surface area (Å²) in [6.07, 6.45) is -1.48. The molecule has 18 heavy (non-hydrogen) atoms. The number of rotatable bonds is 4. The normalized spacial score (nSPS) is 26.1. The van der Waals surface area contributed by atoms with Crippen molar-refractivity contribution in [1.29, 1.82) is 0 Å². The number of amides is 1. The van der Waals surface area contributed by atoms with E-state index >= 15 is 0 Å². The Labute approximate surface area is 105 Å². The second-order valence-corrected chi connectivity index (χ2v) is 4.73. The van der Waals surface area contributed by atoms with Crippen LogP contribution in [0, 0.1) is 0 Å². The third-order valence-corrected chi connectivity index (χ3v) is 3.28. The van der Waals surface area contributed by atoms with Gasteiger partial charge in [0.25, 0.3) is 0 Å². The van der Waals surface area contributed by atoms with Crippen molar-refractivity contribution >= 4 is 5.91 Å². The van der Waals surface area contributed by atoms with Gasteiger partial charge in [0.2, 0.25) is 5.91 Å². The smallest absolute Gasteiger partial charge is 0.346 e. The first-order chi connectivity index (χ1) is 8.33. The fourth-order valence-electron chi connectivity index (χ4n) is 2.30. The molecular formula is C11H20F3N3O. The van der Waals surface area contributed by atoms with Crippen molar-refractivity contribution in [3.63, 3.8) is 0 Å². The van der Waals surface area contributed by atoms with Crippen LogP contribution in [0.25, 0.3) is 0 Å². The molecule has 2 unspecified atom stereocenters. The number of halogens is 3. The van der Waals surface area contributed by atoms with Gasteiger partial charge in [-0.15, -0.1) is 0 Å². The number of carbonyl (C=O) groups is 1. The highest BCUT2D eigenvalue weighted by Gasteiger charge is 2.31. The van der Waals surface area contributed by atoms with Crippen LogP contribution in [-0.2, 0) is 4.79 Å². The lowest BCUT2D eigenvalue weighted by Gasteiger charge is -2.39. The molecular weight excluding hydrogens is 247 g/mol. The number of hydrogen-bond donors (Lipinski definition) is 2. The van der Waals surface area contributed by atoms with Crippen molar-refractivity contribution in [2.45, 2.75) is 44.4 Å². The summed E-state index contributed by atoms with van der Waals surface area (Å²) in [5.74, 6) is -0.598. The average Bonchev–Trinajstić information content (AvgIpc) is 2.28. The second-order valence-electron chi connectivity index (χ2n) is 4.73. The molecule has 106 valence electrons. The molecule has 1 heterocycles. The van der Waals surface area contributed by atoms with Crippen LogP contribution in [0.2, 0.25) is 0 Å². The lowest BCUT2D eigenvalue weighted by molar-refractivity contribution is -0.140. The van der Waals surface area contributed by atoms with E-state index in [1.807, 2.05) is 17.1 Å². The molecule has 0 saturated carbocycles. The van der Waals surface area contributed by atoms with E-state index < -0.39 is 18.6 Å². The minimum Gasteiger partial charge on any atom is -0.346 e. The number of nitrogens with one attached hydrogen (secondary N) is 1. The third-order valence-electron chi connectivity index (χ3n) is 3.28. The van der Waals surface area contributed by atoms with Crippen molar-refractivity contribution in [1.82, 2.24) is 10.2 Å². The highest BCUT2D eigenvalue weighted by atomic mass is 19.4. The van der Waals surface area contributed by atoms with Crippen molar-refractivity contribution < 1.29 is 18.0 Å². The summed E-state index contributed by atoms with van der Waals surface area (Å²) >= 11 is 0. The van der Waals surface area contributed by atoms with E-state index in [1.54, 1.807) is 0 Å². The molecule has 0 aromatic rings. The van der Waals surface area contributed by atoms with E-state index in [2.05, 4.69) is 0 Å². The quantitative estimate of drug-likeness (QED) is 0.794. The number of hydrogen-bond acceptors (Lipinski definition) is 3. The molecule has 1 fully saturated rings. The van der Waals surface area contributed by atoms with E-state index in [0.717, 1.165) is 19.3 Å². The van der Waals surface area contributed by atoms with Crippen LogP contribution in [0.4, 0.5) is 13.2 Å². The Balaban J connectivity index is 2.45. The molecule has 4 nitrogen and oxygen atoms in total. The summed E-state index contributed by atoms with van der Waals surface area (Å²) < 4.78 is 35.9. The largest absolute Gasteiger partial charge is 0.405 e. The summed E-state index contributed by atoms with van der Waals surface area (Å²) in [6, 6.07) is 0.273. The number of nitrogens with zero attached hydrogens (tertiary/aromatic N) is 1. The lowest BCUT2D eigenvalue weighted by atomic mass is 9.96. The van der Waals surface area contributed by atoms with E-state index in [-0.39, 0.29) is 18.6 Å². The summed E-state index contributed by atoms with van der Waals surface area (Å²) in [5, 5.41) is 1.89. The number of alkyl halides is 3. The summed E-state index contributed by atoms with van der Waals surface area (Å²) in [7, 11) is 0. The molecule has 1 saturated heterocycles. The molecule has 0 aliphatic carbocycles. The Morgan fingerprint density at radius 2 is 2.11 bits per heavy atom. The number of nitrogens with two attached hydrogens (primary N) is 1. The Bertz CT molecular complexity index is 283. The van der Waals surface area contributed by atoms with E-state index in [1.165, 1.54) is 0 Å². The van der Waals surface area contributed by atoms with Gasteiger partial charge < -0.3 is 11.1 Å². The molecule has 1 aliphatic rings. The van der Waals surface area contributed by atoms with Crippen LogP contribution in [0.5, 0.6) is 0 Å². The van der Waals surface area contributed by atoms with Crippen LogP contribution in [0.15, 0.2) is 0 Å². The maximum atomic E-state index is 12.0. The maximum absolute atomic E-state index is 12.0. The summed E-state index contributed by atoms with van der Waals surface area (Å²) in [6.45, 7) is 1.11. The monoisotopic (exact) mass is 267 g/mol. The zero-order chi connectivity index (χ0) is 13.8. The molecule has 3 N–H and O–H groups in total. The lowest BCUT2D eigenvalue weighted by Crippen LogP contribution is -2.53. The Morgan fingerprint density at radius 1 is 1.44 bits per heavy atom. The Hall–Kier alpha value is -0.820. The molecule has 1 aliphatic heterocycles. The number of piperidine rings is 1. The van der Waals surface area contributed by atoms with Crippen LogP contribution in [0.3, 0.4) is 0 Å². The van der Waals surface area contributed by atoms with Gasteiger partial charge in [-0.25, -0.2) is 0 Å². The minimum absolute atomic E-state index is 0.0148. The van der Waals surface area contributed by atoms with Gasteiger partial charge in [0.1, 0.15) is 6.54 Å². The fourth-order valence-corrected chi connectivity index (χ4v) is 2.30. The first-order valence-corrected chi connectivity index (χ1v) is 6.12. The molecule has 0 aromatic heterocycles. The fraction of sp³-hybridized carbons (Fsp3) is 0.909. The Kier molecular flexibility index (Phi) is 5.40. The van der Waals surface area contributed by atoms with Gasteiger partial charge in [0, 0.05) is 18.6 Å². The molecule has 2 atom stereocenters. The van der Waals surface area contributed by atoms with Crippen LogP contribution >= 0.6 is 0 Å². The van der Waals surface area contributed by atoms with Gasteiger partial charge in [-0.3, -0.25) is 9.69 Å². The van der Waals surface area contributed by atoms with Gasteiger partial charge in [0.05, 0.1) is 6.54 Å². The SMILES string of the molecule is CC1CCCC(CN)N1CC(=O)NCC(F)(F)F. The summed E-state index contributed by atoms with van der Waals surface area (Å²) in [5.41, 5.74) is 5.62. The molecule has 0 radical (unpaired) electrons.